The minimum Gasteiger partial charge on any atom is -0.508 e. The summed E-state index contributed by atoms with van der Waals surface area (Å²) in [7, 11) is -16.4. The maximum atomic E-state index is 12.7. The number of nitrogens with two attached hydrogens (primary N) is 1. The second-order valence-corrected chi connectivity index (χ2v) is 18.5. The number of phenols is 1. The molecule has 2 unspecified atom stereocenters. The summed E-state index contributed by atoms with van der Waals surface area (Å²) in [6.45, 7) is 0.345. The Bertz CT molecular complexity index is 2140. The Balaban J connectivity index is 1.20. The third-order valence-corrected chi connectivity index (χ3v) is 12.0. The van der Waals surface area contributed by atoms with Crippen LogP contribution in [-0.2, 0) is 50.7 Å². The number of hydrogen-bond acceptors (Lipinski definition) is 19. The number of carbonyl (C=O) groups excluding carboxylic acids is 3. The molecule has 3 heterocycles. The van der Waals surface area contributed by atoms with Gasteiger partial charge >= 0.3 is 23.5 Å². The molecule has 11 N–H and O–H groups in total. The zero-order valence-electron chi connectivity index (χ0n) is 31.0. The predicted octanol–water partition coefficient (Wildman–Crippen LogP) is 0.0837. The number of nitrogen functional groups attached to an aromatic ring is 1. The van der Waals surface area contributed by atoms with Crippen molar-refractivity contribution in [1.82, 2.24) is 30.2 Å². The van der Waals surface area contributed by atoms with Gasteiger partial charge < -0.3 is 56.0 Å². The third kappa shape index (κ3) is 14.5. The van der Waals surface area contributed by atoms with Crippen molar-refractivity contribution in [3.63, 3.8) is 0 Å². The van der Waals surface area contributed by atoms with Crippen LogP contribution in [0.15, 0.2) is 43.0 Å². The molecule has 1 aliphatic rings. The van der Waals surface area contributed by atoms with Crippen LogP contribution in [0.5, 0.6) is 5.75 Å². The lowest BCUT2D eigenvalue weighted by Crippen LogP contribution is -2.46. The van der Waals surface area contributed by atoms with Gasteiger partial charge in [0.15, 0.2) is 17.7 Å². The summed E-state index contributed by atoms with van der Waals surface area (Å²) in [4.78, 5) is 87.7. The van der Waals surface area contributed by atoms with Gasteiger partial charge in [0.2, 0.25) is 16.9 Å². The third-order valence-electron chi connectivity index (χ3n) is 8.05. The van der Waals surface area contributed by atoms with Gasteiger partial charge in [-0.05, 0) is 23.8 Å². The number of nitrogens with zero attached hydrogens (tertiary/aromatic N) is 4. The fraction of sp³-hybridized carbons (Fsp3) is 0.467. The maximum Gasteiger partial charge on any atom is 0.481 e. The predicted molar refractivity (Wildman–Crippen MR) is 204 cm³/mol. The van der Waals surface area contributed by atoms with Crippen LogP contribution in [0, 0.1) is 5.41 Å². The van der Waals surface area contributed by atoms with Crippen molar-refractivity contribution in [3.05, 3.63) is 48.6 Å². The van der Waals surface area contributed by atoms with Gasteiger partial charge in [0.25, 0.3) is 0 Å². The molecule has 1 saturated heterocycles. The van der Waals surface area contributed by atoms with Gasteiger partial charge in [-0.25, -0.2) is 28.6 Å². The summed E-state index contributed by atoms with van der Waals surface area (Å²) in [6, 6.07) is 6.21. The molecule has 2 amide bonds. The van der Waals surface area contributed by atoms with Crippen LogP contribution < -0.4 is 16.4 Å². The van der Waals surface area contributed by atoms with E-state index in [1.165, 1.54) is 32.1 Å². The van der Waals surface area contributed by atoms with E-state index in [0.29, 0.717) is 5.56 Å². The minimum atomic E-state index is -5.58. The molecular weight excluding hydrogens is 871 g/mol. The highest BCUT2D eigenvalue weighted by atomic mass is 32.2. The SMILES string of the molecule is CC(C)(COP(=O)(O)OP(=O)(O)OC[C@@H]1O[C@H](n2cnc3c(N)ncnc32)[C@H](O)[C@@H]1OP(=O)(O)O)[C@H](O)C(=O)NCCC(=O)NCCSC(=O)/C=C/c1ccc(O)cc1. The van der Waals surface area contributed by atoms with E-state index in [4.69, 9.17) is 19.5 Å². The average Bonchev–Trinajstić information content (AvgIpc) is 3.71. The molecule has 326 valence electrons. The summed E-state index contributed by atoms with van der Waals surface area (Å²) in [5.74, 6) is -1.17. The van der Waals surface area contributed by atoms with E-state index in [1.54, 1.807) is 18.2 Å². The van der Waals surface area contributed by atoms with E-state index in [0.717, 1.165) is 29.0 Å². The molecule has 1 aromatic carbocycles. The standard InChI is InChI=1S/C30H42N7O18P3S/c1-30(2,25(42)28(43)33-10-9-20(39)32-11-12-59-21(40)8-5-17-3-6-18(38)7-4-17)14-52-58(49,50)55-57(47,48)51-13-19-24(54-56(44,45)46)23(41)29(53-19)37-16-36-22-26(31)34-15-35-27(22)37/h3-8,15-16,19,23-25,29,38,41-42H,9-14H2,1-2H3,(H,32,39)(H,33,43)(H,47,48)(H,49,50)(H2,31,34,35)(H2,44,45,46)/b8-5+/t19-,23+,24+,25+,29-/m0/s1. The monoisotopic (exact) mass is 913 g/mol. The number of amides is 2. The van der Waals surface area contributed by atoms with Crippen molar-refractivity contribution < 1.29 is 85.6 Å². The first kappa shape index (κ1) is 48.0. The van der Waals surface area contributed by atoms with Gasteiger partial charge in [0, 0.05) is 30.7 Å². The van der Waals surface area contributed by atoms with Crippen molar-refractivity contribution >= 4 is 75.2 Å². The van der Waals surface area contributed by atoms with Gasteiger partial charge in [-0.2, -0.15) is 4.31 Å². The molecular formula is C30H42N7O18P3S. The van der Waals surface area contributed by atoms with Crippen LogP contribution in [0.2, 0.25) is 0 Å². The van der Waals surface area contributed by atoms with E-state index in [1.807, 2.05) is 0 Å². The highest BCUT2D eigenvalue weighted by molar-refractivity contribution is 8.14. The van der Waals surface area contributed by atoms with Crippen LogP contribution in [0.1, 0.15) is 32.1 Å². The smallest absolute Gasteiger partial charge is 0.481 e. The lowest BCUT2D eigenvalue weighted by molar-refractivity contribution is -0.137. The van der Waals surface area contributed by atoms with Crippen LogP contribution in [0.4, 0.5) is 5.82 Å². The second-order valence-electron chi connectivity index (χ2n) is 13.2. The van der Waals surface area contributed by atoms with Gasteiger partial charge in [0.05, 0.1) is 19.5 Å². The zero-order chi connectivity index (χ0) is 43.8. The van der Waals surface area contributed by atoms with Gasteiger partial charge in [0.1, 0.15) is 42.0 Å². The number of ether oxygens (including phenoxy) is 1. The summed E-state index contributed by atoms with van der Waals surface area (Å²) in [5.41, 5.74) is 4.94. The molecule has 0 bridgehead atoms. The molecule has 0 saturated carbocycles. The number of anilines is 1. The first-order valence-electron chi connectivity index (χ1n) is 17.0. The number of carbonyl (C=O) groups is 3. The Kier molecular flexibility index (Phi) is 16.5. The van der Waals surface area contributed by atoms with Crippen LogP contribution in [0.3, 0.4) is 0 Å². The Morgan fingerprint density at radius 1 is 1.03 bits per heavy atom. The Labute approximate surface area is 338 Å². The van der Waals surface area contributed by atoms with Crippen molar-refractivity contribution in [2.45, 2.75) is 50.9 Å². The number of aliphatic hydroxyl groups excluding tert-OH is 2. The van der Waals surface area contributed by atoms with Gasteiger partial charge in [-0.15, -0.1) is 0 Å². The number of nitrogens with one attached hydrogen (secondary N) is 2. The summed E-state index contributed by atoms with van der Waals surface area (Å²) < 4.78 is 62.1. The lowest BCUT2D eigenvalue weighted by Gasteiger charge is -2.30. The number of fused-ring (bicyclic) bond motifs is 1. The summed E-state index contributed by atoms with van der Waals surface area (Å²) >= 11 is 0.956. The van der Waals surface area contributed by atoms with Crippen molar-refractivity contribution in [2.24, 2.45) is 5.41 Å². The highest BCUT2D eigenvalue weighted by Crippen LogP contribution is 2.61. The highest BCUT2D eigenvalue weighted by Gasteiger charge is 2.50. The van der Waals surface area contributed by atoms with E-state index >= 15 is 0 Å². The second kappa shape index (κ2) is 20.3. The van der Waals surface area contributed by atoms with Crippen LogP contribution >= 0.6 is 35.2 Å². The molecule has 7 atom stereocenters. The van der Waals surface area contributed by atoms with Crippen molar-refractivity contribution in [2.75, 3.05) is 37.8 Å². The first-order valence-corrected chi connectivity index (χ1v) is 22.5. The number of aromatic nitrogens is 4. The fourth-order valence-electron chi connectivity index (χ4n) is 5.08. The number of rotatable bonds is 21. The van der Waals surface area contributed by atoms with E-state index in [2.05, 4.69) is 34.4 Å². The molecule has 0 radical (unpaired) electrons. The zero-order valence-corrected chi connectivity index (χ0v) is 34.5. The molecule has 1 fully saturated rings. The molecule has 29 heteroatoms. The van der Waals surface area contributed by atoms with Crippen LogP contribution in [-0.4, -0.2) is 128 Å². The van der Waals surface area contributed by atoms with E-state index in [9.17, 15) is 63.0 Å². The molecule has 0 aliphatic carbocycles. The number of thioether (sulfide) groups is 1. The Morgan fingerprint density at radius 2 is 1.71 bits per heavy atom. The normalized spacial score (nSPS) is 21.2. The van der Waals surface area contributed by atoms with Gasteiger partial charge in [-0.3, -0.25) is 32.5 Å². The summed E-state index contributed by atoms with van der Waals surface area (Å²) in [5, 5.41) is 35.4. The fourth-order valence-corrected chi connectivity index (χ4v) is 8.48. The molecule has 1 aliphatic heterocycles. The molecule has 3 aromatic rings. The lowest BCUT2D eigenvalue weighted by atomic mass is 9.87. The largest absolute Gasteiger partial charge is 0.508 e. The average molecular weight is 914 g/mol. The van der Waals surface area contributed by atoms with Crippen LogP contribution in [0.25, 0.3) is 17.2 Å². The maximum absolute atomic E-state index is 12.7. The first-order chi connectivity index (χ1) is 27.5. The number of aromatic hydroxyl groups is 1. The number of benzene rings is 1. The number of phosphoric ester groups is 3. The molecule has 4 rings (SSSR count). The Hall–Kier alpha value is -3.68. The summed E-state index contributed by atoms with van der Waals surface area (Å²) in [6.07, 6.45) is -4.10. The Morgan fingerprint density at radius 3 is 2.39 bits per heavy atom. The number of phenolic OH excluding ortho intramolecular Hbond substituents is 1. The number of hydrogen-bond donors (Lipinski definition) is 10. The number of imidazole rings is 1. The van der Waals surface area contributed by atoms with Crippen molar-refractivity contribution in [1.29, 1.82) is 0 Å². The topological polar surface area (TPSA) is 384 Å². The quantitative estimate of drug-likeness (QED) is 0.0384. The van der Waals surface area contributed by atoms with Crippen molar-refractivity contribution in [3.8, 4) is 5.75 Å². The number of phosphoric acid groups is 3. The molecule has 25 nitrogen and oxygen atoms in total. The minimum absolute atomic E-state index is 0.0243. The van der Waals surface area contributed by atoms with E-state index in [-0.39, 0.29) is 53.1 Å². The molecule has 0 spiro atoms. The molecule has 59 heavy (non-hydrogen) atoms. The number of aliphatic hydroxyl groups is 2. The van der Waals surface area contributed by atoms with Gasteiger partial charge in [-0.1, -0.05) is 43.8 Å². The van der Waals surface area contributed by atoms with E-state index < -0.39 is 84.6 Å². The molecule has 2 aromatic heterocycles.